The fourth-order valence-electron chi connectivity index (χ4n) is 2.15. The third kappa shape index (κ3) is 5.58. The molecule has 0 saturated heterocycles. The van der Waals surface area contributed by atoms with E-state index < -0.39 is 0 Å². The van der Waals surface area contributed by atoms with E-state index in [4.69, 9.17) is 0 Å². The zero-order valence-electron chi connectivity index (χ0n) is 12.2. The van der Waals surface area contributed by atoms with E-state index in [1.165, 1.54) is 37.8 Å². The highest BCUT2D eigenvalue weighted by Gasteiger charge is 2.09. The van der Waals surface area contributed by atoms with Crippen LogP contribution in [0.15, 0.2) is 12.1 Å². The number of unbranched alkanes of at least 4 members (excludes halogenated alkanes) is 4. The Hall–Kier alpha value is -1.12. The predicted molar refractivity (Wildman–Crippen MR) is 77.6 cm³/mol. The average Bonchev–Trinajstić information content (AvgIpc) is 2.35. The van der Waals surface area contributed by atoms with Crippen molar-refractivity contribution in [2.45, 2.75) is 65.3 Å². The molecule has 0 amide bonds. The maximum atomic E-state index is 13.7. The van der Waals surface area contributed by atoms with Gasteiger partial charge in [0.1, 0.15) is 11.6 Å². The summed E-state index contributed by atoms with van der Waals surface area (Å²) >= 11 is 0. The Morgan fingerprint density at radius 3 is 2.42 bits per heavy atom. The standard InChI is InChI=1S/C16H25F2N/c1-4-5-6-7-8-9-13(3)19-16-11-14(17)12(2)10-15(16)18/h10-11,13,19H,4-9H2,1-3H3. The summed E-state index contributed by atoms with van der Waals surface area (Å²) in [6.45, 7) is 5.77. The van der Waals surface area contributed by atoms with Gasteiger partial charge in [0.2, 0.25) is 0 Å². The molecule has 108 valence electrons. The van der Waals surface area contributed by atoms with Gasteiger partial charge in [0.15, 0.2) is 0 Å². The summed E-state index contributed by atoms with van der Waals surface area (Å²) in [6.07, 6.45) is 7.10. The lowest BCUT2D eigenvalue weighted by Crippen LogP contribution is -2.16. The van der Waals surface area contributed by atoms with Crippen LogP contribution in [-0.2, 0) is 0 Å². The van der Waals surface area contributed by atoms with Crippen molar-refractivity contribution in [1.29, 1.82) is 0 Å². The average molecular weight is 269 g/mol. The molecule has 1 unspecified atom stereocenters. The van der Waals surface area contributed by atoms with Crippen LogP contribution < -0.4 is 5.32 Å². The topological polar surface area (TPSA) is 12.0 Å². The second-order valence-electron chi connectivity index (χ2n) is 5.33. The van der Waals surface area contributed by atoms with E-state index in [9.17, 15) is 8.78 Å². The van der Waals surface area contributed by atoms with Crippen molar-refractivity contribution >= 4 is 5.69 Å². The third-order valence-corrected chi connectivity index (χ3v) is 3.39. The van der Waals surface area contributed by atoms with Gasteiger partial charge in [0.25, 0.3) is 0 Å². The van der Waals surface area contributed by atoms with E-state index in [1.807, 2.05) is 6.92 Å². The second kappa shape index (κ2) is 8.13. The first-order valence-corrected chi connectivity index (χ1v) is 7.26. The highest BCUT2D eigenvalue weighted by Crippen LogP contribution is 2.20. The van der Waals surface area contributed by atoms with Gasteiger partial charge < -0.3 is 5.32 Å². The Kier molecular flexibility index (Phi) is 6.82. The predicted octanol–water partition coefficient (Wildman–Crippen LogP) is 5.43. The highest BCUT2D eigenvalue weighted by atomic mass is 19.1. The van der Waals surface area contributed by atoms with Crippen LogP contribution in [0.5, 0.6) is 0 Å². The van der Waals surface area contributed by atoms with Gasteiger partial charge in [-0.05, 0) is 31.9 Å². The third-order valence-electron chi connectivity index (χ3n) is 3.39. The van der Waals surface area contributed by atoms with Crippen LogP contribution in [0.2, 0.25) is 0 Å². The number of halogens is 2. The van der Waals surface area contributed by atoms with Crippen molar-refractivity contribution in [2.75, 3.05) is 5.32 Å². The summed E-state index contributed by atoms with van der Waals surface area (Å²) < 4.78 is 27.0. The lowest BCUT2D eigenvalue weighted by molar-refractivity contribution is 0.568. The summed E-state index contributed by atoms with van der Waals surface area (Å²) in [5.41, 5.74) is 0.611. The van der Waals surface area contributed by atoms with Crippen LogP contribution in [0.1, 0.15) is 57.9 Å². The lowest BCUT2D eigenvalue weighted by atomic mass is 10.1. The number of hydrogen-bond acceptors (Lipinski definition) is 1. The molecule has 0 aliphatic rings. The van der Waals surface area contributed by atoms with Gasteiger partial charge >= 0.3 is 0 Å². The Morgan fingerprint density at radius 2 is 1.74 bits per heavy atom. The number of benzene rings is 1. The molecule has 1 N–H and O–H groups in total. The molecule has 0 aliphatic carbocycles. The minimum Gasteiger partial charge on any atom is -0.380 e. The molecule has 19 heavy (non-hydrogen) atoms. The van der Waals surface area contributed by atoms with Crippen LogP contribution in [0.4, 0.5) is 14.5 Å². The van der Waals surface area contributed by atoms with E-state index in [0.29, 0.717) is 5.56 Å². The SMILES string of the molecule is CCCCCCCC(C)Nc1cc(F)c(C)cc1F. The van der Waals surface area contributed by atoms with Crippen molar-refractivity contribution in [3.63, 3.8) is 0 Å². The normalized spacial score (nSPS) is 12.5. The number of hydrogen-bond donors (Lipinski definition) is 1. The van der Waals surface area contributed by atoms with Gasteiger partial charge in [0, 0.05) is 12.1 Å². The lowest BCUT2D eigenvalue weighted by Gasteiger charge is -2.16. The van der Waals surface area contributed by atoms with Crippen LogP contribution in [0.3, 0.4) is 0 Å². The van der Waals surface area contributed by atoms with Crippen molar-refractivity contribution in [1.82, 2.24) is 0 Å². The van der Waals surface area contributed by atoms with E-state index in [0.717, 1.165) is 12.8 Å². The molecule has 1 atom stereocenters. The largest absolute Gasteiger partial charge is 0.380 e. The van der Waals surface area contributed by atoms with Crippen molar-refractivity contribution < 1.29 is 8.78 Å². The summed E-state index contributed by atoms with van der Waals surface area (Å²) in [6, 6.07) is 2.65. The smallest absolute Gasteiger partial charge is 0.146 e. The molecular weight excluding hydrogens is 244 g/mol. The summed E-state index contributed by atoms with van der Waals surface area (Å²) in [5.74, 6) is -0.740. The first-order chi connectivity index (χ1) is 9.04. The van der Waals surface area contributed by atoms with Crippen LogP contribution in [0, 0.1) is 18.6 Å². The summed E-state index contributed by atoms with van der Waals surface area (Å²) in [7, 11) is 0. The molecular formula is C16H25F2N. The van der Waals surface area contributed by atoms with E-state index in [1.54, 1.807) is 6.92 Å². The maximum absolute atomic E-state index is 13.7. The number of nitrogens with one attached hydrogen (secondary N) is 1. The molecule has 0 saturated carbocycles. The Bertz CT molecular complexity index is 391. The molecule has 0 aromatic heterocycles. The van der Waals surface area contributed by atoms with Gasteiger partial charge in [-0.1, -0.05) is 39.0 Å². The molecule has 0 radical (unpaired) electrons. The zero-order valence-corrected chi connectivity index (χ0v) is 12.2. The van der Waals surface area contributed by atoms with Crippen molar-refractivity contribution in [3.8, 4) is 0 Å². The van der Waals surface area contributed by atoms with Crippen LogP contribution in [-0.4, -0.2) is 6.04 Å². The first kappa shape index (κ1) is 15.9. The number of rotatable bonds is 8. The van der Waals surface area contributed by atoms with Crippen LogP contribution >= 0.6 is 0 Å². The molecule has 0 fully saturated rings. The Morgan fingerprint density at radius 1 is 1.05 bits per heavy atom. The number of anilines is 1. The molecule has 0 spiro atoms. The van der Waals surface area contributed by atoms with E-state index >= 15 is 0 Å². The fraction of sp³-hybridized carbons (Fsp3) is 0.625. The van der Waals surface area contributed by atoms with Gasteiger partial charge in [0.05, 0.1) is 5.69 Å². The molecule has 0 aliphatic heterocycles. The molecule has 1 rings (SSSR count). The van der Waals surface area contributed by atoms with Gasteiger partial charge in [-0.3, -0.25) is 0 Å². The molecule has 1 nitrogen and oxygen atoms in total. The summed E-state index contributed by atoms with van der Waals surface area (Å²) in [4.78, 5) is 0. The van der Waals surface area contributed by atoms with Gasteiger partial charge in [-0.25, -0.2) is 8.78 Å². The van der Waals surface area contributed by atoms with Gasteiger partial charge in [-0.15, -0.1) is 0 Å². The number of aryl methyl sites for hydroxylation is 1. The molecule has 3 heteroatoms. The highest BCUT2D eigenvalue weighted by molar-refractivity contribution is 5.47. The summed E-state index contributed by atoms with van der Waals surface area (Å²) in [5, 5.41) is 3.05. The van der Waals surface area contributed by atoms with E-state index in [-0.39, 0.29) is 23.4 Å². The van der Waals surface area contributed by atoms with Crippen LogP contribution in [0.25, 0.3) is 0 Å². The van der Waals surface area contributed by atoms with Crippen molar-refractivity contribution in [2.24, 2.45) is 0 Å². The zero-order chi connectivity index (χ0) is 14.3. The van der Waals surface area contributed by atoms with E-state index in [2.05, 4.69) is 12.2 Å². The monoisotopic (exact) mass is 269 g/mol. The molecule has 1 aromatic rings. The minimum atomic E-state index is -0.378. The van der Waals surface area contributed by atoms with Crippen molar-refractivity contribution in [3.05, 3.63) is 29.3 Å². The van der Waals surface area contributed by atoms with Gasteiger partial charge in [-0.2, -0.15) is 0 Å². The first-order valence-electron chi connectivity index (χ1n) is 7.26. The Labute approximate surface area is 115 Å². The fourth-order valence-corrected chi connectivity index (χ4v) is 2.15. The Balaban J connectivity index is 2.40. The molecule has 1 aromatic carbocycles. The quantitative estimate of drug-likeness (QED) is 0.620. The minimum absolute atomic E-state index is 0.165. The maximum Gasteiger partial charge on any atom is 0.146 e. The second-order valence-corrected chi connectivity index (χ2v) is 5.33. The molecule has 0 heterocycles. The molecule has 0 bridgehead atoms.